The van der Waals surface area contributed by atoms with Crippen molar-refractivity contribution in [2.45, 2.75) is 36.5 Å². The number of nitrogens with one attached hydrogen (secondary N) is 1. The van der Waals surface area contributed by atoms with E-state index in [4.69, 9.17) is 0 Å². The maximum atomic E-state index is 12.1. The fourth-order valence-electron chi connectivity index (χ4n) is 3.28. The van der Waals surface area contributed by atoms with Crippen LogP contribution in [0.2, 0.25) is 0 Å². The first-order valence-corrected chi connectivity index (χ1v) is 12.7. The van der Waals surface area contributed by atoms with Crippen LogP contribution in [0.1, 0.15) is 24.0 Å². The number of benzene rings is 2. The van der Waals surface area contributed by atoms with Gasteiger partial charge in [0.15, 0.2) is 0 Å². The summed E-state index contributed by atoms with van der Waals surface area (Å²) in [4.78, 5) is 0.172. The quantitative estimate of drug-likeness (QED) is 0.533. The molecule has 7 nitrogen and oxygen atoms in total. The van der Waals surface area contributed by atoms with E-state index in [0.717, 1.165) is 35.2 Å². The smallest absolute Gasteiger partial charge is 0.240 e. The van der Waals surface area contributed by atoms with Crippen LogP contribution < -0.4 is 4.72 Å². The van der Waals surface area contributed by atoms with Crippen LogP contribution in [0, 0.1) is 13.8 Å². The van der Waals surface area contributed by atoms with Gasteiger partial charge in [-0.2, -0.15) is 0 Å². The summed E-state index contributed by atoms with van der Waals surface area (Å²) in [5.74, 6) is 0. The lowest BCUT2D eigenvalue weighted by molar-refractivity contribution is -0.896. The van der Waals surface area contributed by atoms with E-state index in [2.05, 4.69) is 11.8 Å². The fraction of sp³-hybridized carbons (Fsp3) is 0.429. The Kier molecular flexibility index (Phi) is 8.18. The molecule has 1 aliphatic heterocycles. The number of likely N-dealkylation sites (N-methyl/N-ethyl adjacent to an activating group) is 1. The molecule has 0 spiro atoms. The van der Waals surface area contributed by atoms with Crippen LogP contribution in [0.3, 0.4) is 0 Å². The molecule has 1 saturated heterocycles. The minimum Gasteiger partial charge on any atom is -0.744 e. The minimum absolute atomic E-state index is 0.178. The summed E-state index contributed by atoms with van der Waals surface area (Å²) in [5, 5.41) is 0. The van der Waals surface area contributed by atoms with E-state index < -0.39 is 20.1 Å². The molecule has 0 amide bonds. The predicted octanol–water partition coefficient (Wildman–Crippen LogP) is 2.41. The van der Waals surface area contributed by atoms with Gasteiger partial charge in [0.2, 0.25) is 10.0 Å². The highest BCUT2D eigenvalue weighted by molar-refractivity contribution is 7.89. The second-order valence-corrected chi connectivity index (χ2v) is 11.1. The Hall–Kier alpha value is -1.78. The normalized spacial score (nSPS) is 16.0. The Labute approximate surface area is 180 Å². The van der Waals surface area contributed by atoms with Gasteiger partial charge in [0.05, 0.1) is 43.0 Å². The van der Waals surface area contributed by atoms with Crippen LogP contribution in [-0.2, 0) is 20.1 Å². The van der Waals surface area contributed by atoms with Crippen molar-refractivity contribution in [3.8, 4) is 0 Å². The van der Waals surface area contributed by atoms with E-state index in [9.17, 15) is 21.4 Å². The largest absolute Gasteiger partial charge is 0.744 e. The van der Waals surface area contributed by atoms with Crippen molar-refractivity contribution < 1.29 is 25.9 Å². The molecule has 0 saturated carbocycles. The number of hydrogen-bond acceptors (Lipinski definition) is 5. The van der Waals surface area contributed by atoms with E-state index in [1.54, 1.807) is 24.3 Å². The lowest BCUT2D eigenvalue weighted by atomic mass is 10.2. The van der Waals surface area contributed by atoms with Crippen molar-refractivity contribution in [3.05, 3.63) is 59.7 Å². The van der Waals surface area contributed by atoms with Crippen molar-refractivity contribution in [3.63, 3.8) is 0 Å². The number of rotatable bonds is 6. The lowest BCUT2D eigenvalue weighted by Gasteiger charge is -2.29. The highest BCUT2D eigenvalue weighted by Crippen LogP contribution is 2.15. The highest BCUT2D eigenvalue weighted by atomic mass is 32.2. The molecule has 0 aliphatic carbocycles. The summed E-state index contributed by atoms with van der Waals surface area (Å²) in [6, 6.07) is 12.7. The molecular weight excluding hydrogens is 424 g/mol. The zero-order chi connectivity index (χ0) is 22.4. The standard InChI is InChI=1S/C14H23N2O2S.C7H8O3S/c1-13-5-7-14(8-6-13)19(17,18)15-9-12-16(2)10-3-4-11-16;1-6-2-4-7(5-3-6)11(8,9)10/h5-8,15H,3-4,9-12H2,1-2H3;2-5H,1H3,(H,8,9,10)/q+1;/p-1. The van der Waals surface area contributed by atoms with Crippen molar-refractivity contribution in [1.82, 2.24) is 4.72 Å². The summed E-state index contributed by atoms with van der Waals surface area (Å²) in [6.07, 6.45) is 2.50. The van der Waals surface area contributed by atoms with E-state index in [1.807, 2.05) is 26.0 Å². The third-order valence-electron chi connectivity index (χ3n) is 5.23. The van der Waals surface area contributed by atoms with Gasteiger partial charge in [0.25, 0.3) is 0 Å². The average Bonchev–Trinajstić information content (AvgIpc) is 3.08. The van der Waals surface area contributed by atoms with E-state index in [0.29, 0.717) is 11.4 Å². The third kappa shape index (κ3) is 7.48. The molecule has 0 unspecified atom stereocenters. The summed E-state index contributed by atoms with van der Waals surface area (Å²) >= 11 is 0. The summed E-state index contributed by atoms with van der Waals surface area (Å²) in [6.45, 7) is 7.46. The average molecular weight is 455 g/mol. The molecule has 0 radical (unpaired) electrons. The number of sulfonamides is 1. The first kappa shape index (κ1) is 24.5. The van der Waals surface area contributed by atoms with E-state index in [-0.39, 0.29) is 4.90 Å². The molecule has 0 aromatic heterocycles. The molecule has 30 heavy (non-hydrogen) atoms. The Balaban J connectivity index is 0.000000248. The van der Waals surface area contributed by atoms with Crippen molar-refractivity contribution in [1.29, 1.82) is 0 Å². The van der Waals surface area contributed by atoms with Crippen LogP contribution in [0.5, 0.6) is 0 Å². The minimum atomic E-state index is -4.27. The van der Waals surface area contributed by atoms with Crippen LogP contribution >= 0.6 is 0 Å². The van der Waals surface area contributed by atoms with Gasteiger partial charge in [-0.3, -0.25) is 0 Å². The molecule has 3 rings (SSSR count). The van der Waals surface area contributed by atoms with Crippen molar-refractivity contribution >= 4 is 20.1 Å². The van der Waals surface area contributed by atoms with E-state index >= 15 is 0 Å². The highest BCUT2D eigenvalue weighted by Gasteiger charge is 2.26. The van der Waals surface area contributed by atoms with E-state index in [1.165, 1.54) is 25.0 Å². The molecule has 0 bridgehead atoms. The van der Waals surface area contributed by atoms with Crippen LogP contribution in [0.4, 0.5) is 0 Å². The molecule has 0 atom stereocenters. The molecule has 9 heteroatoms. The molecule has 1 N–H and O–H groups in total. The SMILES string of the molecule is Cc1ccc(S(=O)(=O)NCC[N+]2(C)CCCC2)cc1.Cc1ccc(S(=O)(=O)[O-])cc1. The summed E-state index contributed by atoms with van der Waals surface area (Å²) in [7, 11) is -5.42. The first-order chi connectivity index (χ1) is 13.9. The van der Waals surface area contributed by atoms with Gasteiger partial charge in [0.1, 0.15) is 10.1 Å². The number of hydrogen-bond donors (Lipinski definition) is 1. The molecule has 2 aromatic carbocycles. The topological polar surface area (TPSA) is 103 Å². The Morgan fingerprint density at radius 1 is 0.833 bits per heavy atom. The molecule has 166 valence electrons. The number of nitrogens with zero attached hydrogens (tertiary/aromatic N) is 1. The van der Waals surface area contributed by atoms with Gasteiger partial charge < -0.3 is 9.04 Å². The Morgan fingerprint density at radius 3 is 1.70 bits per heavy atom. The van der Waals surface area contributed by atoms with Crippen LogP contribution in [-0.4, -0.2) is 59.1 Å². The second kappa shape index (κ2) is 10.0. The maximum absolute atomic E-state index is 12.1. The lowest BCUT2D eigenvalue weighted by Crippen LogP contribution is -2.46. The molecule has 1 aliphatic rings. The van der Waals surface area contributed by atoms with Gasteiger partial charge in [-0.15, -0.1) is 0 Å². The van der Waals surface area contributed by atoms with Gasteiger partial charge in [-0.25, -0.2) is 21.6 Å². The summed E-state index contributed by atoms with van der Waals surface area (Å²) < 4.78 is 59.1. The van der Waals surface area contributed by atoms with Crippen molar-refractivity contribution in [2.75, 3.05) is 33.2 Å². The molecule has 1 heterocycles. The number of aryl methyl sites for hydroxylation is 2. The Bertz CT molecular complexity index is 1030. The fourth-order valence-corrected chi connectivity index (χ4v) is 4.77. The summed E-state index contributed by atoms with van der Waals surface area (Å²) in [5.41, 5.74) is 1.99. The zero-order valence-corrected chi connectivity index (χ0v) is 19.3. The maximum Gasteiger partial charge on any atom is 0.240 e. The number of likely N-dealkylation sites (tertiary alicyclic amines) is 1. The van der Waals surface area contributed by atoms with Crippen molar-refractivity contribution in [2.24, 2.45) is 0 Å². The second-order valence-electron chi connectivity index (χ2n) is 7.98. The molecule has 2 aromatic rings. The van der Waals surface area contributed by atoms with Gasteiger partial charge in [0, 0.05) is 12.8 Å². The first-order valence-electron chi connectivity index (χ1n) is 9.84. The predicted molar refractivity (Wildman–Crippen MR) is 116 cm³/mol. The van der Waals surface area contributed by atoms with Crippen LogP contribution in [0.25, 0.3) is 0 Å². The van der Waals surface area contributed by atoms with Gasteiger partial charge in [-0.05, 0) is 38.1 Å². The number of quaternary nitrogens is 1. The van der Waals surface area contributed by atoms with Gasteiger partial charge >= 0.3 is 0 Å². The molecule has 1 fully saturated rings. The zero-order valence-electron chi connectivity index (χ0n) is 17.7. The Morgan fingerprint density at radius 2 is 1.27 bits per heavy atom. The van der Waals surface area contributed by atoms with Gasteiger partial charge in [-0.1, -0.05) is 35.4 Å². The monoisotopic (exact) mass is 454 g/mol. The van der Waals surface area contributed by atoms with Crippen LogP contribution in [0.15, 0.2) is 58.3 Å². The third-order valence-corrected chi connectivity index (χ3v) is 7.56. The molecular formula is C21H30N2O5S2.